The minimum Gasteiger partial charge on any atom is -0.462 e. The van der Waals surface area contributed by atoms with Crippen LogP contribution in [0.1, 0.15) is 284 Å². The second-order valence-electron chi connectivity index (χ2n) is 19.5. The third kappa shape index (κ3) is 55.5. The number of hydrogen-bond donors (Lipinski definition) is 0. The van der Waals surface area contributed by atoms with Gasteiger partial charge in [0.25, 0.3) is 0 Å². The van der Waals surface area contributed by atoms with Crippen LogP contribution in [0.25, 0.3) is 0 Å². The monoisotopic (exact) mass is 975 g/mol. The van der Waals surface area contributed by atoms with Crippen molar-refractivity contribution in [2.45, 2.75) is 290 Å². The Balaban J connectivity index is 4.39. The number of carbonyl (C=O) groups excluding carboxylic acids is 3. The second-order valence-corrected chi connectivity index (χ2v) is 19.5. The molecule has 0 aliphatic rings. The molecule has 0 aliphatic heterocycles. The lowest BCUT2D eigenvalue weighted by molar-refractivity contribution is -0.167. The molecule has 0 amide bonds. The van der Waals surface area contributed by atoms with Gasteiger partial charge in [0.1, 0.15) is 13.2 Å². The van der Waals surface area contributed by atoms with Gasteiger partial charge in [0.15, 0.2) is 6.10 Å². The summed E-state index contributed by atoms with van der Waals surface area (Å²) in [6.45, 7) is 6.48. The van der Waals surface area contributed by atoms with Crippen molar-refractivity contribution in [3.05, 3.63) is 85.1 Å². The van der Waals surface area contributed by atoms with E-state index in [0.717, 1.165) is 103 Å². The maximum absolute atomic E-state index is 12.9. The van der Waals surface area contributed by atoms with E-state index in [4.69, 9.17) is 14.2 Å². The summed E-state index contributed by atoms with van der Waals surface area (Å²) < 4.78 is 16.8. The molecule has 6 heteroatoms. The molecular weight excluding hydrogens is 865 g/mol. The fraction of sp³-hybridized carbons (Fsp3) is 0.734. The van der Waals surface area contributed by atoms with Gasteiger partial charge in [-0.05, 0) is 116 Å². The van der Waals surface area contributed by atoms with E-state index in [1.54, 1.807) is 0 Å². The van der Waals surface area contributed by atoms with Crippen LogP contribution >= 0.6 is 0 Å². The van der Waals surface area contributed by atoms with Gasteiger partial charge < -0.3 is 14.2 Å². The summed E-state index contributed by atoms with van der Waals surface area (Å²) in [4.78, 5) is 38.2. The van der Waals surface area contributed by atoms with Crippen molar-refractivity contribution in [3.63, 3.8) is 0 Å². The molecule has 0 rings (SSSR count). The molecule has 0 radical (unpaired) electrons. The lowest BCUT2D eigenvalue weighted by atomic mass is 10.1. The minimum absolute atomic E-state index is 0.0913. The first-order chi connectivity index (χ1) is 34.5. The van der Waals surface area contributed by atoms with E-state index in [1.165, 1.54) is 141 Å². The first-order valence-electron chi connectivity index (χ1n) is 29.6. The van der Waals surface area contributed by atoms with E-state index in [2.05, 4.69) is 106 Å². The molecule has 0 fully saturated rings. The van der Waals surface area contributed by atoms with Crippen molar-refractivity contribution in [2.24, 2.45) is 0 Å². The molecule has 0 saturated carbocycles. The van der Waals surface area contributed by atoms with Gasteiger partial charge in [0, 0.05) is 19.3 Å². The molecule has 0 saturated heterocycles. The van der Waals surface area contributed by atoms with E-state index < -0.39 is 6.10 Å². The van der Waals surface area contributed by atoms with Crippen molar-refractivity contribution in [1.29, 1.82) is 0 Å². The number of carbonyl (C=O) groups is 3. The predicted molar refractivity (Wildman–Crippen MR) is 302 cm³/mol. The van der Waals surface area contributed by atoms with E-state index in [9.17, 15) is 14.4 Å². The van der Waals surface area contributed by atoms with Crippen LogP contribution in [0.2, 0.25) is 0 Å². The Hall–Kier alpha value is -3.41. The number of unbranched alkanes of at least 4 members (excludes halogenated alkanes) is 28. The summed E-state index contributed by atoms with van der Waals surface area (Å²) in [5, 5.41) is 0. The number of ether oxygens (including phenoxy) is 3. The lowest BCUT2D eigenvalue weighted by Crippen LogP contribution is -2.30. The van der Waals surface area contributed by atoms with Crippen LogP contribution in [-0.2, 0) is 28.6 Å². The molecule has 1 atom stereocenters. The van der Waals surface area contributed by atoms with Crippen LogP contribution in [0.4, 0.5) is 0 Å². The molecule has 0 N–H and O–H groups in total. The zero-order valence-electron chi connectivity index (χ0n) is 46.0. The molecule has 1 unspecified atom stereocenters. The highest BCUT2D eigenvalue weighted by Gasteiger charge is 2.19. The third-order valence-electron chi connectivity index (χ3n) is 12.6. The fourth-order valence-electron chi connectivity index (χ4n) is 8.16. The Labute approximate surface area is 433 Å². The predicted octanol–water partition coefficient (Wildman–Crippen LogP) is 19.9. The van der Waals surface area contributed by atoms with Gasteiger partial charge in [-0.2, -0.15) is 0 Å². The molecular formula is C64H110O6. The van der Waals surface area contributed by atoms with Gasteiger partial charge in [-0.1, -0.05) is 234 Å². The van der Waals surface area contributed by atoms with Crippen molar-refractivity contribution in [2.75, 3.05) is 13.2 Å². The van der Waals surface area contributed by atoms with E-state index in [1.807, 2.05) is 0 Å². The largest absolute Gasteiger partial charge is 0.462 e. The van der Waals surface area contributed by atoms with Crippen LogP contribution in [0.15, 0.2) is 85.1 Å². The topological polar surface area (TPSA) is 78.9 Å². The third-order valence-corrected chi connectivity index (χ3v) is 12.6. The standard InChI is InChI=1S/C64H110O6/c1-4-7-10-13-16-19-22-25-27-29-31-32-33-35-36-39-42-45-48-51-54-57-63(66)69-60-61(59-68-62(65)56-53-50-47-44-41-38-24-21-18-15-12-9-6-3)70-64(67)58-55-52-49-46-43-40-37-34-30-28-26-23-20-17-14-11-8-5-2/h9,12,18,20-23,25,28-31,38,41,61H,4-8,10-11,13-17,19,24,26-27,32-37,39-40,42-60H2,1-3H3/b12-9-,21-18-,23-20-,25-22-,30-28-,31-29-,41-38-. The summed E-state index contributed by atoms with van der Waals surface area (Å²) in [5.41, 5.74) is 0. The molecule has 402 valence electrons. The maximum Gasteiger partial charge on any atom is 0.306 e. The van der Waals surface area contributed by atoms with Crippen LogP contribution < -0.4 is 0 Å². The van der Waals surface area contributed by atoms with E-state index in [0.29, 0.717) is 19.3 Å². The molecule has 0 aliphatic carbocycles. The Morgan fingerprint density at radius 3 is 0.900 bits per heavy atom. The van der Waals surface area contributed by atoms with E-state index in [-0.39, 0.29) is 31.1 Å². The van der Waals surface area contributed by atoms with Crippen molar-refractivity contribution in [3.8, 4) is 0 Å². The quantitative estimate of drug-likeness (QED) is 0.0261. The SMILES string of the molecule is CC/C=C\C/C=C\C/C=C\CCCCCC(=O)OCC(COC(=O)CCCCCCCCCCC/C=C\C/C=C\CCCCCCC)OC(=O)CCCCCCCCC/C=C\C/C=C\CCCCCC. The molecule has 0 spiro atoms. The average molecular weight is 976 g/mol. The second kappa shape index (κ2) is 58.2. The van der Waals surface area contributed by atoms with Crippen molar-refractivity contribution in [1.82, 2.24) is 0 Å². The molecule has 0 aromatic carbocycles. The smallest absolute Gasteiger partial charge is 0.306 e. The number of rotatable bonds is 53. The van der Waals surface area contributed by atoms with Crippen LogP contribution in [0.5, 0.6) is 0 Å². The van der Waals surface area contributed by atoms with Gasteiger partial charge in [0.05, 0.1) is 0 Å². The Morgan fingerprint density at radius 1 is 0.300 bits per heavy atom. The highest BCUT2D eigenvalue weighted by Crippen LogP contribution is 2.15. The summed E-state index contributed by atoms with van der Waals surface area (Å²) >= 11 is 0. The zero-order chi connectivity index (χ0) is 50.7. The number of allylic oxidation sites excluding steroid dienone is 14. The molecule has 0 bridgehead atoms. The first kappa shape index (κ1) is 66.6. The van der Waals surface area contributed by atoms with Gasteiger partial charge in [0.2, 0.25) is 0 Å². The average Bonchev–Trinajstić information content (AvgIpc) is 3.36. The molecule has 70 heavy (non-hydrogen) atoms. The summed E-state index contributed by atoms with van der Waals surface area (Å²) in [5.74, 6) is -0.927. The van der Waals surface area contributed by atoms with Crippen LogP contribution in [0, 0.1) is 0 Å². The summed E-state index contributed by atoms with van der Waals surface area (Å²) in [6.07, 6.45) is 75.8. The molecule has 0 heterocycles. The van der Waals surface area contributed by atoms with E-state index >= 15 is 0 Å². The normalized spacial score (nSPS) is 12.7. The van der Waals surface area contributed by atoms with Crippen molar-refractivity contribution >= 4 is 17.9 Å². The zero-order valence-corrected chi connectivity index (χ0v) is 46.0. The molecule has 0 aromatic heterocycles. The minimum atomic E-state index is -0.796. The van der Waals surface area contributed by atoms with Crippen LogP contribution in [-0.4, -0.2) is 37.2 Å². The number of esters is 3. The summed E-state index contributed by atoms with van der Waals surface area (Å²) in [6, 6.07) is 0. The van der Waals surface area contributed by atoms with Crippen LogP contribution in [0.3, 0.4) is 0 Å². The lowest BCUT2D eigenvalue weighted by Gasteiger charge is -2.18. The van der Waals surface area contributed by atoms with Crippen molar-refractivity contribution < 1.29 is 28.6 Å². The molecule has 0 aromatic rings. The highest BCUT2D eigenvalue weighted by atomic mass is 16.6. The number of hydrogen-bond acceptors (Lipinski definition) is 6. The Morgan fingerprint density at radius 2 is 0.557 bits per heavy atom. The van der Waals surface area contributed by atoms with Gasteiger partial charge in [-0.3, -0.25) is 14.4 Å². The Bertz CT molecular complexity index is 1350. The van der Waals surface area contributed by atoms with Gasteiger partial charge in [-0.25, -0.2) is 0 Å². The molecule has 6 nitrogen and oxygen atoms in total. The van der Waals surface area contributed by atoms with Gasteiger partial charge >= 0.3 is 17.9 Å². The maximum atomic E-state index is 12.9. The Kier molecular flexibility index (Phi) is 55.3. The first-order valence-corrected chi connectivity index (χ1v) is 29.6. The summed E-state index contributed by atoms with van der Waals surface area (Å²) in [7, 11) is 0. The highest BCUT2D eigenvalue weighted by molar-refractivity contribution is 5.71. The fourth-order valence-corrected chi connectivity index (χ4v) is 8.16. The van der Waals surface area contributed by atoms with Gasteiger partial charge in [-0.15, -0.1) is 0 Å².